The number of hydrogen-bond acceptors (Lipinski definition) is 3. The molecule has 0 unspecified atom stereocenters. The Morgan fingerprint density at radius 2 is 2.00 bits per heavy atom. The smallest absolute Gasteiger partial charge is 0.434 e. The Morgan fingerprint density at radius 3 is 2.55 bits per heavy atom. The standard InChI is InChI=1S/C14H20N4O3S/c1-8(2)7-22-10-4-5-11(16-9(3)19)12(6-10)17-13(15)18-14(20)21/h4-6,8H,7H2,1-3H3,(H,16,19)(H,20,21)(H3,15,17,18). The molecule has 7 nitrogen and oxygen atoms in total. The fourth-order valence-corrected chi connectivity index (χ4v) is 2.44. The molecule has 22 heavy (non-hydrogen) atoms. The molecular formula is C14H20N4O3S. The number of aliphatic imine (C=N–C) groups is 1. The number of rotatable bonds is 5. The number of nitrogens with two attached hydrogens (primary N) is 1. The summed E-state index contributed by atoms with van der Waals surface area (Å²) in [6.07, 6.45) is -1.39. The first-order valence-electron chi connectivity index (χ1n) is 6.66. The van der Waals surface area contributed by atoms with Crippen molar-refractivity contribution in [1.82, 2.24) is 0 Å². The molecular weight excluding hydrogens is 304 g/mol. The van der Waals surface area contributed by atoms with E-state index in [0.717, 1.165) is 10.6 Å². The van der Waals surface area contributed by atoms with Crippen LogP contribution < -0.4 is 16.4 Å². The SMILES string of the molecule is CC(=O)Nc1ccc(SCC(C)C)cc1N/C(N)=N\C(=O)O. The monoisotopic (exact) mass is 324 g/mol. The Kier molecular flexibility index (Phi) is 6.71. The molecule has 0 aliphatic heterocycles. The van der Waals surface area contributed by atoms with E-state index in [1.807, 2.05) is 6.07 Å². The second-order valence-electron chi connectivity index (χ2n) is 5.00. The van der Waals surface area contributed by atoms with Crippen LogP contribution in [0.4, 0.5) is 16.2 Å². The van der Waals surface area contributed by atoms with Crippen molar-refractivity contribution in [3.05, 3.63) is 18.2 Å². The molecule has 0 aliphatic carbocycles. The van der Waals surface area contributed by atoms with Gasteiger partial charge in [0.25, 0.3) is 0 Å². The van der Waals surface area contributed by atoms with Gasteiger partial charge in [0.15, 0.2) is 0 Å². The number of anilines is 2. The summed E-state index contributed by atoms with van der Waals surface area (Å²) in [5.74, 6) is 0.983. The minimum absolute atomic E-state index is 0.237. The largest absolute Gasteiger partial charge is 0.463 e. The highest BCUT2D eigenvalue weighted by Crippen LogP contribution is 2.29. The molecule has 0 bridgehead atoms. The van der Waals surface area contributed by atoms with Crippen molar-refractivity contribution >= 4 is 41.1 Å². The molecule has 0 atom stereocenters. The van der Waals surface area contributed by atoms with E-state index in [1.54, 1.807) is 23.9 Å². The molecule has 0 saturated heterocycles. The average Bonchev–Trinajstić information content (AvgIpc) is 2.37. The van der Waals surface area contributed by atoms with Crippen molar-refractivity contribution < 1.29 is 14.7 Å². The van der Waals surface area contributed by atoms with Gasteiger partial charge in [-0.15, -0.1) is 16.8 Å². The van der Waals surface area contributed by atoms with E-state index in [-0.39, 0.29) is 11.9 Å². The minimum Gasteiger partial charge on any atom is -0.463 e. The summed E-state index contributed by atoms with van der Waals surface area (Å²) < 4.78 is 0. The molecule has 1 rings (SSSR count). The highest BCUT2D eigenvalue weighted by molar-refractivity contribution is 7.99. The quantitative estimate of drug-likeness (QED) is 0.376. The van der Waals surface area contributed by atoms with Gasteiger partial charge in [0.05, 0.1) is 11.4 Å². The minimum atomic E-state index is -1.39. The van der Waals surface area contributed by atoms with Crippen LogP contribution in [0.1, 0.15) is 20.8 Å². The summed E-state index contributed by atoms with van der Waals surface area (Å²) in [4.78, 5) is 25.9. The van der Waals surface area contributed by atoms with Gasteiger partial charge in [-0.25, -0.2) is 4.79 Å². The zero-order chi connectivity index (χ0) is 16.7. The van der Waals surface area contributed by atoms with E-state index in [1.165, 1.54) is 6.92 Å². The number of hydrogen-bond donors (Lipinski definition) is 4. The maximum atomic E-state index is 11.2. The zero-order valence-electron chi connectivity index (χ0n) is 12.7. The second-order valence-corrected chi connectivity index (χ2v) is 6.09. The third-order valence-electron chi connectivity index (χ3n) is 2.36. The highest BCUT2D eigenvalue weighted by atomic mass is 32.2. The number of guanidine groups is 1. The van der Waals surface area contributed by atoms with Gasteiger partial charge in [0.2, 0.25) is 11.9 Å². The van der Waals surface area contributed by atoms with Crippen molar-refractivity contribution in [3.8, 4) is 0 Å². The number of nitrogens with zero attached hydrogens (tertiary/aromatic N) is 1. The lowest BCUT2D eigenvalue weighted by atomic mass is 10.2. The fourth-order valence-electron chi connectivity index (χ4n) is 1.55. The lowest BCUT2D eigenvalue weighted by Gasteiger charge is -2.14. The van der Waals surface area contributed by atoms with E-state index in [9.17, 15) is 9.59 Å². The van der Waals surface area contributed by atoms with Crippen LogP contribution >= 0.6 is 11.8 Å². The van der Waals surface area contributed by atoms with E-state index in [0.29, 0.717) is 17.3 Å². The summed E-state index contributed by atoms with van der Waals surface area (Å²) in [5.41, 5.74) is 6.51. The van der Waals surface area contributed by atoms with E-state index >= 15 is 0 Å². The van der Waals surface area contributed by atoms with Gasteiger partial charge in [-0.1, -0.05) is 13.8 Å². The zero-order valence-corrected chi connectivity index (χ0v) is 13.5. The van der Waals surface area contributed by atoms with Crippen LogP contribution in [-0.4, -0.2) is 28.8 Å². The first-order valence-corrected chi connectivity index (χ1v) is 7.65. The van der Waals surface area contributed by atoms with Crippen molar-refractivity contribution in [2.75, 3.05) is 16.4 Å². The lowest BCUT2D eigenvalue weighted by Crippen LogP contribution is -2.24. The van der Waals surface area contributed by atoms with Crippen LogP contribution in [-0.2, 0) is 4.79 Å². The third-order valence-corrected chi connectivity index (χ3v) is 3.78. The normalized spacial score (nSPS) is 11.4. The maximum Gasteiger partial charge on any atom is 0.434 e. The molecule has 0 heterocycles. The van der Waals surface area contributed by atoms with E-state index < -0.39 is 6.09 Å². The molecule has 2 amide bonds. The lowest BCUT2D eigenvalue weighted by molar-refractivity contribution is -0.114. The molecule has 0 fully saturated rings. The molecule has 0 radical (unpaired) electrons. The molecule has 0 saturated carbocycles. The Labute approximate surface area is 133 Å². The van der Waals surface area contributed by atoms with Gasteiger partial charge in [-0.2, -0.15) is 0 Å². The van der Waals surface area contributed by atoms with Gasteiger partial charge in [0, 0.05) is 17.6 Å². The number of benzene rings is 1. The Morgan fingerprint density at radius 1 is 1.32 bits per heavy atom. The topological polar surface area (TPSA) is 117 Å². The van der Waals surface area contributed by atoms with Gasteiger partial charge in [-0.3, -0.25) is 4.79 Å². The number of carbonyl (C=O) groups is 2. The van der Waals surface area contributed by atoms with E-state index in [2.05, 4.69) is 29.5 Å². The van der Waals surface area contributed by atoms with Crippen molar-refractivity contribution in [3.63, 3.8) is 0 Å². The Balaban J connectivity index is 3.03. The summed E-state index contributed by atoms with van der Waals surface area (Å²) in [7, 11) is 0. The molecule has 8 heteroatoms. The van der Waals surface area contributed by atoms with Gasteiger partial charge >= 0.3 is 6.09 Å². The summed E-state index contributed by atoms with van der Waals surface area (Å²) in [5, 5.41) is 13.9. The summed E-state index contributed by atoms with van der Waals surface area (Å²) >= 11 is 1.66. The molecule has 1 aromatic carbocycles. The first kappa shape index (κ1) is 17.8. The van der Waals surface area contributed by atoms with Gasteiger partial charge in [0.1, 0.15) is 0 Å². The predicted molar refractivity (Wildman–Crippen MR) is 89.6 cm³/mol. The second kappa shape index (κ2) is 8.28. The Bertz CT molecular complexity index is 587. The van der Waals surface area contributed by atoms with Crippen LogP contribution in [0, 0.1) is 5.92 Å². The summed E-state index contributed by atoms with van der Waals surface area (Å²) in [6, 6.07) is 5.41. The first-order chi connectivity index (χ1) is 10.3. The fraction of sp³-hybridized carbons (Fsp3) is 0.357. The van der Waals surface area contributed by atoms with Crippen LogP contribution in [0.2, 0.25) is 0 Å². The molecule has 0 spiro atoms. The predicted octanol–water partition coefficient (Wildman–Crippen LogP) is 2.80. The molecule has 5 N–H and O–H groups in total. The third kappa shape index (κ3) is 6.49. The number of carboxylic acid groups (broad SMARTS) is 1. The van der Waals surface area contributed by atoms with Crippen molar-refractivity contribution in [2.24, 2.45) is 16.6 Å². The molecule has 0 aliphatic rings. The van der Waals surface area contributed by atoms with Crippen molar-refractivity contribution in [1.29, 1.82) is 0 Å². The van der Waals surface area contributed by atoms with Gasteiger partial charge in [-0.05, 0) is 24.1 Å². The van der Waals surface area contributed by atoms with Crippen LogP contribution in [0.15, 0.2) is 28.1 Å². The van der Waals surface area contributed by atoms with Gasteiger partial charge < -0.3 is 21.5 Å². The molecule has 120 valence electrons. The number of amides is 2. The maximum absolute atomic E-state index is 11.2. The molecule has 1 aromatic rings. The van der Waals surface area contributed by atoms with Crippen LogP contribution in [0.25, 0.3) is 0 Å². The number of nitrogens with one attached hydrogen (secondary N) is 2. The number of carbonyl (C=O) groups excluding carboxylic acids is 1. The average molecular weight is 324 g/mol. The van der Waals surface area contributed by atoms with E-state index in [4.69, 9.17) is 10.8 Å². The highest BCUT2D eigenvalue weighted by Gasteiger charge is 2.08. The van der Waals surface area contributed by atoms with Crippen molar-refractivity contribution in [2.45, 2.75) is 25.7 Å². The van der Waals surface area contributed by atoms with Crippen LogP contribution in [0.3, 0.4) is 0 Å². The van der Waals surface area contributed by atoms with Crippen LogP contribution in [0.5, 0.6) is 0 Å². The summed E-state index contributed by atoms with van der Waals surface area (Å²) in [6.45, 7) is 5.63. The molecule has 0 aromatic heterocycles. The number of thioether (sulfide) groups is 1. The Hall–Kier alpha value is -2.22.